The van der Waals surface area contributed by atoms with Crippen LogP contribution in [0.25, 0.3) is 0 Å². The Kier molecular flexibility index (Phi) is 4.24. The van der Waals surface area contributed by atoms with Crippen molar-refractivity contribution in [3.63, 3.8) is 0 Å². The van der Waals surface area contributed by atoms with Gasteiger partial charge in [-0.05, 0) is 35.7 Å². The van der Waals surface area contributed by atoms with Gasteiger partial charge >= 0.3 is 6.18 Å². The van der Waals surface area contributed by atoms with Crippen LogP contribution in [0.4, 0.5) is 18.9 Å². The van der Waals surface area contributed by atoms with E-state index < -0.39 is 11.7 Å². The number of thiophene rings is 1. The molecular weight excluding hydrogens is 287 g/mol. The molecule has 6 heteroatoms. The van der Waals surface area contributed by atoms with Crippen molar-refractivity contribution in [2.45, 2.75) is 6.18 Å². The molecule has 0 aliphatic rings. The Morgan fingerprint density at radius 2 is 1.85 bits per heavy atom. The fourth-order valence-corrected chi connectivity index (χ4v) is 2.11. The summed E-state index contributed by atoms with van der Waals surface area (Å²) in [5.74, 6) is -0.153. The van der Waals surface area contributed by atoms with Gasteiger partial charge in [-0.15, -0.1) is 11.3 Å². The van der Waals surface area contributed by atoms with Crippen molar-refractivity contribution in [1.29, 1.82) is 0 Å². The molecule has 0 saturated heterocycles. The molecule has 0 amide bonds. The van der Waals surface area contributed by atoms with Crippen LogP contribution in [0.1, 0.15) is 15.2 Å². The van der Waals surface area contributed by atoms with E-state index in [0.29, 0.717) is 10.6 Å². The highest BCUT2D eigenvalue weighted by molar-refractivity contribution is 7.12. The van der Waals surface area contributed by atoms with Gasteiger partial charge in [0.25, 0.3) is 0 Å². The molecule has 0 radical (unpaired) electrons. The number of halogens is 3. The van der Waals surface area contributed by atoms with Gasteiger partial charge in [-0.2, -0.15) is 13.2 Å². The average molecular weight is 297 g/mol. The van der Waals surface area contributed by atoms with E-state index in [0.717, 1.165) is 12.1 Å². The summed E-state index contributed by atoms with van der Waals surface area (Å²) in [5, 5.41) is 4.55. The summed E-state index contributed by atoms with van der Waals surface area (Å²) in [6.07, 6.45) is -1.60. The molecule has 1 N–H and O–H groups in total. The van der Waals surface area contributed by atoms with Gasteiger partial charge in [-0.25, -0.2) is 0 Å². The van der Waals surface area contributed by atoms with Gasteiger partial charge in [0.15, 0.2) is 5.78 Å². The summed E-state index contributed by atoms with van der Waals surface area (Å²) in [6.45, 7) is 0. The lowest BCUT2D eigenvalue weighted by molar-refractivity contribution is -0.137. The molecule has 2 nitrogen and oxygen atoms in total. The Balaban J connectivity index is 1.96. The quantitative estimate of drug-likeness (QED) is 0.661. The zero-order valence-corrected chi connectivity index (χ0v) is 11.0. The molecule has 104 valence electrons. The molecule has 0 fully saturated rings. The minimum atomic E-state index is -4.34. The van der Waals surface area contributed by atoms with Gasteiger partial charge in [0.1, 0.15) is 0 Å². The molecule has 1 heterocycles. The number of allylic oxidation sites excluding steroid dienone is 1. The van der Waals surface area contributed by atoms with E-state index in [1.54, 1.807) is 17.5 Å². The van der Waals surface area contributed by atoms with E-state index in [1.807, 2.05) is 0 Å². The van der Waals surface area contributed by atoms with Crippen LogP contribution in [-0.4, -0.2) is 5.78 Å². The maximum Gasteiger partial charge on any atom is 0.416 e. The third-order valence-electron chi connectivity index (χ3n) is 2.46. The Labute approximate surface area is 117 Å². The second-order valence-electron chi connectivity index (χ2n) is 3.89. The van der Waals surface area contributed by atoms with Crippen LogP contribution < -0.4 is 5.32 Å². The first-order valence-electron chi connectivity index (χ1n) is 5.65. The summed E-state index contributed by atoms with van der Waals surface area (Å²) >= 11 is 1.33. The third kappa shape index (κ3) is 3.71. The molecule has 20 heavy (non-hydrogen) atoms. The van der Waals surface area contributed by atoms with E-state index in [-0.39, 0.29) is 5.78 Å². The summed E-state index contributed by atoms with van der Waals surface area (Å²) in [7, 11) is 0. The predicted molar refractivity (Wildman–Crippen MR) is 72.9 cm³/mol. The number of benzene rings is 1. The first kappa shape index (κ1) is 14.3. The van der Waals surface area contributed by atoms with Gasteiger partial charge in [-0.1, -0.05) is 6.07 Å². The molecule has 0 unspecified atom stereocenters. The fraction of sp³-hybridized carbons (Fsp3) is 0.0714. The number of carbonyl (C=O) groups excluding carboxylic acids is 1. The number of nitrogens with one attached hydrogen (secondary N) is 1. The number of alkyl halides is 3. The first-order chi connectivity index (χ1) is 9.47. The van der Waals surface area contributed by atoms with E-state index in [4.69, 9.17) is 0 Å². The average Bonchev–Trinajstić information content (AvgIpc) is 2.92. The molecule has 2 aromatic rings. The second-order valence-corrected chi connectivity index (χ2v) is 4.84. The number of rotatable bonds is 4. The topological polar surface area (TPSA) is 29.1 Å². The number of ketones is 1. The largest absolute Gasteiger partial charge is 0.416 e. The number of hydrogen-bond donors (Lipinski definition) is 1. The minimum Gasteiger partial charge on any atom is -0.362 e. The van der Waals surface area contributed by atoms with E-state index >= 15 is 0 Å². The number of anilines is 1. The van der Waals surface area contributed by atoms with Gasteiger partial charge in [0.2, 0.25) is 0 Å². The fourth-order valence-electron chi connectivity index (χ4n) is 1.47. The van der Waals surface area contributed by atoms with Crippen LogP contribution in [0.5, 0.6) is 0 Å². The highest BCUT2D eigenvalue weighted by atomic mass is 32.1. The molecule has 1 aromatic carbocycles. The summed E-state index contributed by atoms with van der Waals surface area (Å²) in [5.41, 5.74) is -0.227. The van der Waals surface area contributed by atoms with Gasteiger partial charge in [-0.3, -0.25) is 4.79 Å². The van der Waals surface area contributed by atoms with Crippen LogP contribution in [0.3, 0.4) is 0 Å². The Hall–Kier alpha value is -2.08. The Bertz CT molecular complexity index is 600. The van der Waals surface area contributed by atoms with Gasteiger partial charge < -0.3 is 5.32 Å². The second kappa shape index (κ2) is 5.92. The predicted octanol–water partition coefficient (Wildman–Crippen LogP) is 4.58. The third-order valence-corrected chi connectivity index (χ3v) is 3.35. The van der Waals surface area contributed by atoms with Crippen molar-refractivity contribution < 1.29 is 18.0 Å². The molecule has 0 bridgehead atoms. The molecule has 0 atom stereocenters. The lowest BCUT2D eigenvalue weighted by Gasteiger charge is -2.07. The SMILES string of the molecule is O=C(/C=C\Nc1ccc(C(F)(F)F)cc1)c1cccs1. The number of hydrogen-bond acceptors (Lipinski definition) is 3. The van der Waals surface area contributed by atoms with Crippen molar-refractivity contribution in [3.05, 3.63) is 64.5 Å². The zero-order valence-electron chi connectivity index (χ0n) is 10.1. The molecule has 0 aliphatic carbocycles. The van der Waals surface area contributed by atoms with E-state index in [1.165, 1.54) is 35.7 Å². The molecule has 0 saturated carbocycles. The summed E-state index contributed by atoms with van der Waals surface area (Å²) in [6, 6.07) is 8.06. The smallest absolute Gasteiger partial charge is 0.362 e. The van der Waals surface area contributed by atoms with Crippen molar-refractivity contribution in [2.75, 3.05) is 5.32 Å². The van der Waals surface area contributed by atoms with Crippen LogP contribution in [0.2, 0.25) is 0 Å². The van der Waals surface area contributed by atoms with E-state index in [9.17, 15) is 18.0 Å². The Morgan fingerprint density at radius 1 is 1.15 bits per heavy atom. The lowest BCUT2D eigenvalue weighted by Crippen LogP contribution is -2.04. The summed E-state index contributed by atoms with van der Waals surface area (Å²) in [4.78, 5) is 12.2. The highest BCUT2D eigenvalue weighted by Gasteiger charge is 2.29. The normalized spacial score (nSPS) is 11.8. The van der Waals surface area contributed by atoms with Gasteiger partial charge in [0, 0.05) is 18.0 Å². The van der Waals surface area contributed by atoms with Gasteiger partial charge in [0.05, 0.1) is 10.4 Å². The monoisotopic (exact) mass is 297 g/mol. The van der Waals surface area contributed by atoms with Crippen LogP contribution in [0.15, 0.2) is 54.1 Å². The maximum absolute atomic E-state index is 12.4. The molecular formula is C14H10F3NOS. The lowest BCUT2D eigenvalue weighted by atomic mass is 10.2. The maximum atomic E-state index is 12.4. The van der Waals surface area contributed by atoms with Crippen molar-refractivity contribution in [3.8, 4) is 0 Å². The first-order valence-corrected chi connectivity index (χ1v) is 6.53. The van der Waals surface area contributed by atoms with Crippen LogP contribution in [0, 0.1) is 0 Å². The molecule has 2 rings (SSSR count). The van der Waals surface area contributed by atoms with Crippen LogP contribution in [-0.2, 0) is 6.18 Å². The van der Waals surface area contributed by atoms with Crippen molar-refractivity contribution >= 4 is 22.8 Å². The standard InChI is InChI=1S/C14H10F3NOS/c15-14(16,17)10-3-5-11(6-4-10)18-8-7-12(19)13-2-1-9-20-13/h1-9,18H/b8-7-. The highest BCUT2D eigenvalue weighted by Crippen LogP contribution is 2.29. The summed E-state index contributed by atoms with van der Waals surface area (Å²) < 4.78 is 37.1. The van der Waals surface area contributed by atoms with E-state index in [2.05, 4.69) is 5.32 Å². The molecule has 0 spiro atoms. The van der Waals surface area contributed by atoms with Crippen molar-refractivity contribution in [2.24, 2.45) is 0 Å². The number of carbonyl (C=O) groups is 1. The van der Waals surface area contributed by atoms with Crippen molar-refractivity contribution in [1.82, 2.24) is 0 Å². The van der Waals surface area contributed by atoms with Crippen LogP contribution >= 0.6 is 11.3 Å². The molecule has 1 aromatic heterocycles. The molecule has 0 aliphatic heterocycles. The Morgan fingerprint density at radius 3 is 2.40 bits per heavy atom. The zero-order chi connectivity index (χ0) is 14.6. The minimum absolute atomic E-state index is 0.153.